The molecule has 0 amide bonds. The van der Waals surface area contributed by atoms with E-state index in [0.29, 0.717) is 21.8 Å². The molecule has 0 saturated carbocycles. The molecule has 0 spiro atoms. The first-order chi connectivity index (χ1) is 14.2. The van der Waals surface area contributed by atoms with Crippen molar-refractivity contribution in [2.45, 2.75) is 17.2 Å². The first kappa shape index (κ1) is 19.2. The van der Waals surface area contributed by atoms with Crippen LogP contribution in [-0.2, 0) is 12.3 Å². The van der Waals surface area contributed by atoms with Crippen molar-refractivity contribution in [1.82, 2.24) is 9.55 Å². The van der Waals surface area contributed by atoms with Crippen molar-refractivity contribution in [2.75, 3.05) is 7.11 Å². The zero-order valence-corrected chi connectivity index (χ0v) is 17.3. The van der Waals surface area contributed by atoms with Crippen LogP contribution >= 0.6 is 23.1 Å². The highest BCUT2D eigenvalue weighted by Crippen LogP contribution is 2.32. The predicted molar refractivity (Wildman–Crippen MR) is 117 cm³/mol. The Morgan fingerprint density at radius 3 is 2.62 bits per heavy atom. The number of hydrogen-bond donors (Lipinski definition) is 0. The van der Waals surface area contributed by atoms with Crippen molar-refractivity contribution in [1.29, 1.82) is 5.26 Å². The fraction of sp³-hybridized carbons (Fsp3) is 0.136. The number of rotatable bonds is 6. The number of nitrogens with zero attached hydrogens (tertiary/aromatic N) is 3. The molecule has 2 heterocycles. The van der Waals surface area contributed by atoms with Crippen molar-refractivity contribution in [2.24, 2.45) is 0 Å². The first-order valence-corrected chi connectivity index (χ1v) is 10.8. The number of nitriles is 1. The van der Waals surface area contributed by atoms with Gasteiger partial charge in [0.15, 0.2) is 0 Å². The molecule has 0 bridgehead atoms. The summed E-state index contributed by atoms with van der Waals surface area (Å²) in [6, 6.07) is 19.6. The molecule has 2 aromatic carbocycles. The largest absolute Gasteiger partial charge is 0.497 e. The van der Waals surface area contributed by atoms with E-state index in [2.05, 4.69) is 6.07 Å². The average Bonchev–Trinajstić information content (AvgIpc) is 3.20. The monoisotopic (exact) mass is 419 g/mol. The smallest absolute Gasteiger partial charge is 0.263 e. The van der Waals surface area contributed by atoms with Crippen molar-refractivity contribution in [3.63, 3.8) is 0 Å². The van der Waals surface area contributed by atoms with Gasteiger partial charge in [0.05, 0.1) is 24.3 Å². The summed E-state index contributed by atoms with van der Waals surface area (Å²) in [5.74, 6) is 1.89. The molecule has 0 radical (unpaired) electrons. The van der Waals surface area contributed by atoms with Gasteiger partial charge in [-0.2, -0.15) is 5.26 Å². The minimum Gasteiger partial charge on any atom is -0.497 e. The molecule has 2 aromatic heterocycles. The van der Waals surface area contributed by atoms with E-state index in [-0.39, 0.29) is 12.1 Å². The maximum Gasteiger partial charge on any atom is 0.263 e. The van der Waals surface area contributed by atoms with Gasteiger partial charge in [0.25, 0.3) is 5.56 Å². The minimum absolute atomic E-state index is 0.0235. The van der Waals surface area contributed by atoms with Gasteiger partial charge in [-0.1, -0.05) is 30.3 Å². The van der Waals surface area contributed by atoms with Gasteiger partial charge in [-0.25, -0.2) is 4.98 Å². The van der Waals surface area contributed by atoms with Crippen LogP contribution in [0.1, 0.15) is 5.82 Å². The van der Waals surface area contributed by atoms with Crippen LogP contribution in [0.3, 0.4) is 0 Å². The summed E-state index contributed by atoms with van der Waals surface area (Å²) in [6.45, 7) is -0.0235. The summed E-state index contributed by atoms with van der Waals surface area (Å²) in [6.07, 6.45) is 0. The van der Waals surface area contributed by atoms with Gasteiger partial charge < -0.3 is 4.74 Å². The van der Waals surface area contributed by atoms with Crippen LogP contribution in [-0.4, -0.2) is 16.7 Å². The van der Waals surface area contributed by atoms with E-state index in [1.807, 2.05) is 60.0 Å². The Hall–Kier alpha value is -3.08. The number of aromatic nitrogens is 2. The lowest BCUT2D eigenvalue weighted by molar-refractivity contribution is 0.414. The Kier molecular flexibility index (Phi) is 5.65. The number of fused-ring (bicyclic) bond motifs is 1. The van der Waals surface area contributed by atoms with Crippen LogP contribution < -0.4 is 10.3 Å². The summed E-state index contributed by atoms with van der Waals surface area (Å²) in [5.41, 5.74) is 1.67. The lowest BCUT2D eigenvalue weighted by Gasteiger charge is -2.10. The number of benzene rings is 2. The van der Waals surface area contributed by atoms with E-state index in [9.17, 15) is 10.1 Å². The summed E-state index contributed by atoms with van der Waals surface area (Å²) in [4.78, 5) is 19.7. The van der Waals surface area contributed by atoms with E-state index in [0.717, 1.165) is 21.8 Å². The molecule has 144 valence electrons. The molecule has 7 heteroatoms. The van der Waals surface area contributed by atoms with Gasteiger partial charge >= 0.3 is 0 Å². The highest BCUT2D eigenvalue weighted by atomic mass is 32.2. The molecule has 0 aliphatic heterocycles. The van der Waals surface area contributed by atoms with Crippen LogP contribution in [0.25, 0.3) is 21.3 Å². The van der Waals surface area contributed by atoms with Crippen LogP contribution in [0, 0.1) is 11.3 Å². The highest BCUT2D eigenvalue weighted by Gasteiger charge is 2.17. The molecule has 5 nitrogen and oxygen atoms in total. The number of thiophene rings is 1. The summed E-state index contributed by atoms with van der Waals surface area (Å²) < 4.78 is 6.67. The molecular formula is C22H17N3O2S2. The van der Waals surface area contributed by atoms with E-state index in [1.165, 1.54) is 15.9 Å². The Balaban J connectivity index is 1.73. The van der Waals surface area contributed by atoms with Crippen LogP contribution in [0.5, 0.6) is 5.75 Å². The fourth-order valence-electron chi connectivity index (χ4n) is 3.06. The van der Waals surface area contributed by atoms with Crippen molar-refractivity contribution in [3.05, 3.63) is 76.2 Å². The Bertz CT molecular complexity index is 1240. The standard InChI is InChI=1S/C22H17N3O2S2/c1-27-16-7-9-17(10-8-16)28-14-19-24-21-20(22(26)25(19)12-11-23)18(13-29-21)15-5-3-2-4-6-15/h2-10,13H,12,14H2,1H3. The van der Waals surface area contributed by atoms with E-state index in [4.69, 9.17) is 9.72 Å². The van der Waals surface area contributed by atoms with E-state index < -0.39 is 0 Å². The lowest BCUT2D eigenvalue weighted by atomic mass is 10.1. The molecule has 0 atom stereocenters. The van der Waals surface area contributed by atoms with Crippen LogP contribution in [0.2, 0.25) is 0 Å². The topological polar surface area (TPSA) is 67.9 Å². The third-order valence-corrected chi connectivity index (χ3v) is 6.39. The molecule has 29 heavy (non-hydrogen) atoms. The molecule has 0 unspecified atom stereocenters. The number of methoxy groups -OCH3 is 1. The van der Waals surface area contributed by atoms with Gasteiger partial charge in [-0.3, -0.25) is 9.36 Å². The maximum absolute atomic E-state index is 13.2. The molecule has 0 aliphatic carbocycles. The molecule has 0 aliphatic rings. The average molecular weight is 420 g/mol. The van der Waals surface area contributed by atoms with Crippen LogP contribution in [0.15, 0.2) is 69.7 Å². The maximum atomic E-state index is 13.2. The Labute approximate surface area is 176 Å². The first-order valence-electron chi connectivity index (χ1n) is 8.91. The molecule has 0 N–H and O–H groups in total. The third-order valence-electron chi connectivity index (χ3n) is 4.51. The number of hydrogen-bond acceptors (Lipinski definition) is 6. The summed E-state index contributed by atoms with van der Waals surface area (Å²) in [7, 11) is 1.63. The SMILES string of the molecule is COc1ccc(SCc2nc3scc(-c4ccccc4)c3c(=O)n2CC#N)cc1. The second-order valence-electron chi connectivity index (χ2n) is 6.24. The van der Waals surface area contributed by atoms with Crippen molar-refractivity contribution < 1.29 is 4.74 Å². The molecule has 0 fully saturated rings. The van der Waals surface area contributed by atoms with Crippen molar-refractivity contribution >= 4 is 33.3 Å². The highest BCUT2D eigenvalue weighted by molar-refractivity contribution is 7.98. The Morgan fingerprint density at radius 2 is 1.93 bits per heavy atom. The van der Waals surface area contributed by atoms with Gasteiger partial charge in [-0.15, -0.1) is 23.1 Å². The van der Waals surface area contributed by atoms with Gasteiger partial charge in [0, 0.05) is 15.8 Å². The number of thioether (sulfide) groups is 1. The van der Waals surface area contributed by atoms with E-state index in [1.54, 1.807) is 18.9 Å². The van der Waals surface area contributed by atoms with Crippen molar-refractivity contribution in [3.8, 4) is 22.9 Å². The lowest BCUT2D eigenvalue weighted by Crippen LogP contribution is -2.24. The van der Waals surface area contributed by atoms with Gasteiger partial charge in [-0.05, 0) is 29.8 Å². The number of ether oxygens (including phenoxy) is 1. The molecular weight excluding hydrogens is 402 g/mol. The van der Waals surface area contributed by atoms with Gasteiger partial charge in [0.1, 0.15) is 22.9 Å². The normalized spacial score (nSPS) is 10.8. The zero-order chi connectivity index (χ0) is 20.2. The summed E-state index contributed by atoms with van der Waals surface area (Å²) in [5, 5.41) is 11.8. The second kappa shape index (κ2) is 8.52. The molecule has 4 rings (SSSR count). The quantitative estimate of drug-likeness (QED) is 0.414. The molecule has 4 aromatic rings. The predicted octanol–water partition coefficient (Wildman–Crippen LogP) is 4.95. The van der Waals surface area contributed by atoms with E-state index >= 15 is 0 Å². The van der Waals surface area contributed by atoms with Crippen LogP contribution in [0.4, 0.5) is 0 Å². The third kappa shape index (κ3) is 3.90. The fourth-order valence-corrected chi connectivity index (χ4v) is 4.86. The Morgan fingerprint density at radius 1 is 1.17 bits per heavy atom. The summed E-state index contributed by atoms with van der Waals surface area (Å²) >= 11 is 3.03. The zero-order valence-electron chi connectivity index (χ0n) is 15.7. The molecule has 0 saturated heterocycles. The van der Waals surface area contributed by atoms with Gasteiger partial charge in [0.2, 0.25) is 0 Å². The minimum atomic E-state index is -0.165. The second-order valence-corrected chi connectivity index (χ2v) is 8.14.